The maximum Gasteiger partial charge on any atom is 0.309 e. The van der Waals surface area contributed by atoms with E-state index >= 15 is 0 Å². The third-order valence-corrected chi connectivity index (χ3v) is 6.64. The highest BCUT2D eigenvalue weighted by atomic mass is 19.1. The number of carbonyl (C=O) groups is 1. The Morgan fingerprint density at radius 1 is 1.03 bits per heavy atom. The van der Waals surface area contributed by atoms with Crippen LogP contribution in [-0.2, 0) is 9.53 Å². The molecule has 0 bridgehead atoms. The van der Waals surface area contributed by atoms with Gasteiger partial charge < -0.3 is 4.74 Å². The van der Waals surface area contributed by atoms with Crippen LogP contribution in [0.4, 0.5) is 4.39 Å². The molecule has 0 aromatic heterocycles. The maximum absolute atomic E-state index is 13.1. The zero-order valence-electron chi connectivity index (χ0n) is 17.6. The predicted octanol–water partition coefficient (Wildman–Crippen LogP) is 6.62. The van der Waals surface area contributed by atoms with Crippen LogP contribution < -0.4 is 0 Å². The second kappa shape index (κ2) is 11.7. The first-order valence-corrected chi connectivity index (χ1v) is 11.3. The van der Waals surface area contributed by atoms with Gasteiger partial charge in [-0.2, -0.15) is 5.26 Å². The van der Waals surface area contributed by atoms with E-state index in [0.717, 1.165) is 64.2 Å². The highest BCUT2D eigenvalue weighted by Crippen LogP contribution is 2.36. The molecule has 0 N–H and O–H groups in total. The van der Waals surface area contributed by atoms with Crippen molar-refractivity contribution in [3.05, 3.63) is 60.0 Å². The highest BCUT2D eigenvalue weighted by molar-refractivity contribution is 5.72. The van der Waals surface area contributed by atoms with E-state index in [2.05, 4.69) is 6.08 Å². The van der Waals surface area contributed by atoms with Crippen LogP contribution in [0, 0.1) is 29.0 Å². The zero-order valence-corrected chi connectivity index (χ0v) is 17.6. The fourth-order valence-electron chi connectivity index (χ4n) is 4.80. The van der Waals surface area contributed by atoms with Gasteiger partial charge in [0.15, 0.2) is 0 Å². The zero-order chi connectivity index (χ0) is 21.2. The molecule has 0 saturated heterocycles. The molecule has 0 spiro atoms. The minimum atomic E-state index is -0.194. The summed E-state index contributed by atoms with van der Waals surface area (Å²) in [5.74, 6) is 0.996. The number of allylic oxidation sites excluding steroid dienone is 4. The maximum atomic E-state index is 13.1. The van der Waals surface area contributed by atoms with Gasteiger partial charge in [0.2, 0.25) is 0 Å². The van der Waals surface area contributed by atoms with Gasteiger partial charge in [-0.1, -0.05) is 30.4 Å². The molecule has 2 fully saturated rings. The van der Waals surface area contributed by atoms with Gasteiger partial charge in [0.05, 0.1) is 12.0 Å². The minimum absolute atomic E-state index is 0.000202. The van der Waals surface area contributed by atoms with Crippen LogP contribution in [-0.4, -0.2) is 12.1 Å². The van der Waals surface area contributed by atoms with Crippen molar-refractivity contribution in [3.63, 3.8) is 0 Å². The Morgan fingerprint density at radius 3 is 2.40 bits per heavy atom. The number of carbonyl (C=O) groups excluding carboxylic acids is 1. The first-order valence-electron chi connectivity index (χ1n) is 11.3. The smallest absolute Gasteiger partial charge is 0.309 e. The van der Waals surface area contributed by atoms with Crippen molar-refractivity contribution in [1.82, 2.24) is 0 Å². The van der Waals surface area contributed by atoms with E-state index in [1.54, 1.807) is 6.08 Å². The molecule has 0 radical (unpaired) electrons. The van der Waals surface area contributed by atoms with Crippen molar-refractivity contribution >= 4 is 5.97 Å². The number of hydrogen-bond acceptors (Lipinski definition) is 3. The molecule has 3 nitrogen and oxygen atoms in total. The number of ether oxygens (including phenoxy) is 1. The summed E-state index contributed by atoms with van der Waals surface area (Å²) in [7, 11) is 0. The van der Waals surface area contributed by atoms with Crippen LogP contribution in [0.15, 0.2) is 48.6 Å². The molecule has 0 amide bonds. The molecule has 160 valence electrons. The molecule has 2 aliphatic rings. The lowest BCUT2D eigenvalue weighted by molar-refractivity contribution is -0.157. The van der Waals surface area contributed by atoms with Gasteiger partial charge >= 0.3 is 5.97 Å². The van der Waals surface area contributed by atoms with Crippen molar-refractivity contribution in [1.29, 1.82) is 5.26 Å². The summed E-state index contributed by atoms with van der Waals surface area (Å²) < 4.78 is 19.0. The fourth-order valence-corrected chi connectivity index (χ4v) is 4.80. The van der Waals surface area contributed by atoms with Crippen molar-refractivity contribution in [3.8, 4) is 6.07 Å². The molecule has 0 atom stereocenters. The molecule has 1 aromatic carbocycles. The first-order chi connectivity index (χ1) is 14.7. The van der Waals surface area contributed by atoms with Crippen LogP contribution in [0.5, 0.6) is 0 Å². The van der Waals surface area contributed by atoms with Gasteiger partial charge in [-0.3, -0.25) is 4.79 Å². The summed E-state index contributed by atoms with van der Waals surface area (Å²) in [4.78, 5) is 12.6. The standard InChI is InChI=1S/C26H32FNO2/c27-24-15-11-21(12-16-24)22-13-17-25(18-14-22)30-26(29)23-9-7-20(8-10-23)6-4-2-1-3-5-19-28/h1-3,5,11-12,15-16,20,22-23,25H,4,6-10,13-14,17-18H2. The Balaban J connectivity index is 1.33. The number of benzene rings is 1. The Bertz CT molecular complexity index is 761. The highest BCUT2D eigenvalue weighted by Gasteiger charge is 2.30. The lowest BCUT2D eigenvalue weighted by Crippen LogP contribution is -2.29. The topological polar surface area (TPSA) is 50.1 Å². The normalized spacial score (nSPS) is 27.2. The molecule has 4 heteroatoms. The Morgan fingerprint density at radius 2 is 1.73 bits per heavy atom. The van der Waals surface area contributed by atoms with Crippen molar-refractivity contribution in [2.75, 3.05) is 0 Å². The van der Waals surface area contributed by atoms with Crippen molar-refractivity contribution in [2.45, 2.75) is 76.2 Å². The molecule has 0 heterocycles. The average molecular weight is 410 g/mol. The predicted molar refractivity (Wildman–Crippen MR) is 116 cm³/mol. The number of halogens is 1. The van der Waals surface area contributed by atoms with Gasteiger partial charge in [-0.15, -0.1) is 0 Å². The van der Waals surface area contributed by atoms with Crippen LogP contribution in [0.3, 0.4) is 0 Å². The second-order valence-corrected chi connectivity index (χ2v) is 8.67. The number of rotatable bonds is 7. The van der Waals surface area contributed by atoms with E-state index in [9.17, 15) is 9.18 Å². The number of nitrogens with zero attached hydrogens (tertiary/aromatic N) is 1. The Labute approximate surface area is 179 Å². The summed E-state index contributed by atoms with van der Waals surface area (Å²) in [6, 6.07) is 8.79. The quantitative estimate of drug-likeness (QED) is 0.289. The largest absolute Gasteiger partial charge is 0.462 e. The van der Waals surface area contributed by atoms with E-state index in [1.807, 2.05) is 24.3 Å². The number of nitriles is 1. The van der Waals surface area contributed by atoms with Gasteiger partial charge in [-0.25, -0.2) is 4.39 Å². The lowest BCUT2D eigenvalue weighted by atomic mass is 9.79. The second-order valence-electron chi connectivity index (χ2n) is 8.67. The van der Waals surface area contributed by atoms with Crippen molar-refractivity contribution in [2.24, 2.45) is 11.8 Å². The fraction of sp³-hybridized carbons (Fsp3) is 0.538. The van der Waals surface area contributed by atoms with Gasteiger partial charge in [0, 0.05) is 6.08 Å². The van der Waals surface area contributed by atoms with Crippen LogP contribution >= 0.6 is 0 Å². The summed E-state index contributed by atoms with van der Waals surface area (Å²) in [6.07, 6.45) is 17.3. The molecule has 1 aromatic rings. The van der Waals surface area contributed by atoms with Crippen LogP contribution in [0.2, 0.25) is 0 Å². The molecule has 3 rings (SSSR count). The monoisotopic (exact) mass is 409 g/mol. The van der Waals surface area contributed by atoms with E-state index in [0.29, 0.717) is 11.8 Å². The summed E-state index contributed by atoms with van der Waals surface area (Å²) in [5.41, 5.74) is 1.19. The molecular formula is C26H32FNO2. The van der Waals surface area contributed by atoms with E-state index in [-0.39, 0.29) is 23.8 Å². The first kappa shape index (κ1) is 22.3. The van der Waals surface area contributed by atoms with Crippen molar-refractivity contribution < 1.29 is 13.9 Å². The minimum Gasteiger partial charge on any atom is -0.462 e. The van der Waals surface area contributed by atoms with E-state index < -0.39 is 0 Å². The average Bonchev–Trinajstić information content (AvgIpc) is 2.78. The molecule has 30 heavy (non-hydrogen) atoms. The SMILES string of the molecule is N#CC=CC=CCCC1CCC(C(=O)OC2CCC(c3ccc(F)cc3)CC2)CC1. The lowest BCUT2D eigenvalue weighted by Gasteiger charge is -2.31. The molecule has 2 saturated carbocycles. The van der Waals surface area contributed by atoms with Gasteiger partial charge in [-0.05, 0) is 93.7 Å². The molecule has 0 aliphatic heterocycles. The molecule has 2 aliphatic carbocycles. The number of hydrogen-bond donors (Lipinski definition) is 0. The van der Waals surface area contributed by atoms with Gasteiger partial charge in [0.25, 0.3) is 0 Å². The number of esters is 1. The molecular weight excluding hydrogens is 377 g/mol. The van der Waals surface area contributed by atoms with Gasteiger partial charge in [0.1, 0.15) is 11.9 Å². The Hall–Kier alpha value is -2.41. The van der Waals surface area contributed by atoms with E-state index in [4.69, 9.17) is 10.00 Å². The van der Waals surface area contributed by atoms with Crippen LogP contribution in [0.25, 0.3) is 0 Å². The third kappa shape index (κ3) is 6.83. The Kier molecular flexibility index (Phi) is 8.68. The summed E-state index contributed by atoms with van der Waals surface area (Å²) >= 11 is 0. The molecule has 0 unspecified atom stereocenters. The third-order valence-electron chi connectivity index (χ3n) is 6.64. The van der Waals surface area contributed by atoms with Crippen LogP contribution in [0.1, 0.15) is 75.7 Å². The van der Waals surface area contributed by atoms with E-state index in [1.165, 1.54) is 23.8 Å². The summed E-state index contributed by atoms with van der Waals surface area (Å²) in [5, 5.41) is 8.45. The summed E-state index contributed by atoms with van der Waals surface area (Å²) in [6.45, 7) is 0.